The molecule has 0 N–H and O–H groups in total. The van der Waals surface area contributed by atoms with Crippen molar-refractivity contribution in [2.45, 2.75) is 25.7 Å². The van der Waals surface area contributed by atoms with Gasteiger partial charge >= 0.3 is 0 Å². The lowest BCUT2D eigenvalue weighted by Gasteiger charge is -2.25. The van der Waals surface area contributed by atoms with Crippen LogP contribution in [0.3, 0.4) is 0 Å². The predicted octanol–water partition coefficient (Wildman–Crippen LogP) is 2.04. The first-order valence-corrected chi connectivity index (χ1v) is 7.36. The van der Waals surface area contributed by atoms with Crippen molar-refractivity contribution in [2.75, 3.05) is 18.6 Å². The van der Waals surface area contributed by atoms with Gasteiger partial charge in [-0.15, -0.1) is 0 Å². The van der Waals surface area contributed by atoms with Crippen molar-refractivity contribution >= 4 is 23.2 Å². The van der Waals surface area contributed by atoms with Gasteiger partial charge in [-0.25, -0.2) is 5.01 Å². The molecule has 2 aliphatic rings. The second-order valence-electron chi connectivity index (χ2n) is 5.72. The predicted molar refractivity (Wildman–Crippen MR) is 81.0 cm³/mol. The van der Waals surface area contributed by atoms with Crippen LogP contribution in [0.1, 0.15) is 25.7 Å². The third-order valence-electron chi connectivity index (χ3n) is 3.86. The van der Waals surface area contributed by atoms with Crippen LogP contribution in [-0.4, -0.2) is 36.0 Å². The average molecular weight is 285 g/mol. The van der Waals surface area contributed by atoms with Gasteiger partial charge in [0.25, 0.3) is 5.91 Å². The van der Waals surface area contributed by atoms with Gasteiger partial charge in [-0.2, -0.15) is 5.10 Å². The molecule has 1 aromatic rings. The van der Waals surface area contributed by atoms with E-state index in [1.807, 2.05) is 37.4 Å². The summed E-state index contributed by atoms with van der Waals surface area (Å²) < 4.78 is 0. The molecular formula is C16H19N3O2. The Bertz CT molecular complexity index is 578. The maximum Gasteiger partial charge on any atom is 0.269 e. The number of amides is 2. The maximum atomic E-state index is 12.4. The molecule has 0 unspecified atom stereocenters. The molecule has 1 aliphatic heterocycles. The SMILES string of the molecule is CN(CC1CC1)C(=O)C1=NN(c2ccccc2)C(=O)CC1. The van der Waals surface area contributed by atoms with Crippen LogP contribution in [0, 0.1) is 5.92 Å². The summed E-state index contributed by atoms with van der Waals surface area (Å²) in [6, 6.07) is 9.24. The van der Waals surface area contributed by atoms with Crippen molar-refractivity contribution in [1.29, 1.82) is 0 Å². The molecule has 5 nitrogen and oxygen atoms in total. The van der Waals surface area contributed by atoms with E-state index in [0.29, 0.717) is 30.2 Å². The largest absolute Gasteiger partial charge is 0.340 e. The van der Waals surface area contributed by atoms with Crippen molar-refractivity contribution in [3.63, 3.8) is 0 Å². The Morgan fingerprint density at radius 1 is 1.29 bits per heavy atom. The highest BCUT2D eigenvalue weighted by Gasteiger charge is 2.30. The van der Waals surface area contributed by atoms with Gasteiger partial charge < -0.3 is 4.90 Å². The van der Waals surface area contributed by atoms with Crippen molar-refractivity contribution in [1.82, 2.24) is 4.90 Å². The lowest BCUT2D eigenvalue weighted by Crippen LogP contribution is -2.40. The monoisotopic (exact) mass is 285 g/mol. The first-order chi connectivity index (χ1) is 10.1. The minimum absolute atomic E-state index is 0.0599. The first-order valence-electron chi connectivity index (χ1n) is 7.36. The summed E-state index contributed by atoms with van der Waals surface area (Å²) in [5.74, 6) is 0.521. The summed E-state index contributed by atoms with van der Waals surface area (Å²) >= 11 is 0. The minimum Gasteiger partial charge on any atom is -0.340 e. The summed E-state index contributed by atoms with van der Waals surface area (Å²) in [6.07, 6.45) is 3.17. The Kier molecular flexibility index (Phi) is 3.73. The highest BCUT2D eigenvalue weighted by atomic mass is 16.2. The Morgan fingerprint density at radius 2 is 2.00 bits per heavy atom. The third kappa shape index (κ3) is 3.12. The molecular weight excluding hydrogens is 266 g/mol. The molecule has 5 heteroatoms. The van der Waals surface area contributed by atoms with E-state index in [2.05, 4.69) is 5.10 Å². The van der Waals surface area contributed by atoms with Crippen LogP contribution < -0.4 is 5.01 Å². The zero-order chi connectivity index (χ0) is 14.8. The fourth-order valence-electron chi connectivity index (χ4n) is 2.47. The van der Waals surface area contributed by atoms with E-state index in [0.717, 1.165) is 6.54 Å². The number of hydrogen-bond donors (Lipinski definition) is 0. The van der Waals surface area contributed by atoms with Gasteiger partial charge in [0.05, 0.1) is 5.69 Å². The zero-order valence-electron chi connectivity index (χ0n) is 12.2. The summed E-state index contributed by atoms with van der Waals surface area (Å²) in [5.41, 5.74) is 1.18. The third-order valence-corrected chi connectivity index (χ3v) is 3.86. The topological polar surface area (TPSA) is 53.0 Å². The molecule has 0 spiro atoms. The molecule has 0 aromatic heterocycles. The fourth-order valence-corrected chi connectivity index (χ4v) is 2.47. The van der Waals surface area contributed by atoms with Crippen molar-refractivity contribution in [3.05, 3.63) is 30.3 Å². The van der Waals surface area contributed by atoms with Crippen LogP contribution in [0.25, 0.3) is 0 Å². The number of benzene rings is 1. The number of carbonyl (C=O) groups is 2. The van der Waals surface area contributed by atoms with Gasteiger partial charge in [-0.1, -0.05) is 18.2 Å². The number of hydrogen-bond acceptors (Lipinski definition) is 3. The molecule has 1 heterocycles. The smallest absolute Gasteiger partial charge is 0.269 e. The van der Waals surface area contributed by atoms with E-state index in [9.17, 15) is 9.59 Å². The molecule has 1 saturated carbocycles. The standard InChI is InChI=1S/C16H19N3O2/c1-18(11-12-7-8-12)16(21)14-9-10-15(20)19(17-14)13-5-3-2-4-6-13/h2-6,12H,7-11H2,1H3. The molecule has 3 rings (SSSR count). The van der Waals surface area contributed by atoms with Gasteiger partial charge in [0, 0.05) is 26.4 Å². The van der Waals surface area contributed by atoms with Crippen LogP contribution in [0.15, 0.2) is 35.4 Å². The second-order valence-corrected chi connectivity index (χ2v) is 5.72. The van der Waals surface area contributed by atoms with E-state index in [4.69, 9.17) is 0 Å². The number of hydrazone groups is 1. The molecule has 110 valence electrons. The lowest BCUT2D eigenvalue weighted by molar-refractivity contribution is -0.123. The Morgan fingerprint density at radius 3 is 2.67 bits per heavy atom. The summed E-state index contributed by atoms with van der Waals surface area (Å²) in [4.78, 5) is 26.1. The number of nitrogens with zero attached hydrogens (tertiary/aromatic N) is 3. The van der Waals surface area contributed by atoms with Crippen LogP contribution in [0.5, 0.6) is 0 Å². The Labute approximate surface area is 124 Å². The van der Waals surface area contributed by atoms with Crippen molar-refractivity contribution in [2.24, 2.45) is 11.0 Å². The Hall–Kier alpha value is -2.17. The first kappa shape index (κ1) is 13.8. The number of rotatable bonds is 4. The second kappa shape index (κ2) is 5.68. The number of anilines is 1. The van der Waals surface area contributed by atoms with Crippen LogP contribution in [-0.2, 0) is 9.59 Å². The van der Waals surface area contributed by atoms with Crippen LogP contribution >= 0.6 is 0 Å². The average Bonchev–Trinajstić information content (AvgIpc) is 3.32. The van der Waals surface area contributed by atoms with E-state index >= 15 is 0 Å². The van der Waals surface area contributed by atoms with Crippen LogP contribution in [0.4, 0.5) is 5.69 Å². The van der Waals surface area contributed by atoms with Crippen molar-refractivity contribution < 1.29 is 9.59 Å². The molecule has 0 bridgehead atoms. The molecule has 1 aromatic carbocycles. The molecule has 2 amide bonds. The van der Waals surface area contributed by atoms with Gasteiger partial charge in [-0.3, -0.25) is 9.59 Å². The zero-order valence-corrected chi connectivity index (χ0v) is 12.2. The molecule has 0 atom stereocenters. The normalized spacial score (nSPS) is 18.4. The molecule has 0 radical (unpaired) electrons. The molecule has 0 saturated heterocycles. The molecule has 1 aliphatic carbocycles. The summed E-state index contributed by atoms with van der Waals surface area (Å²) in [6.45, 7) is 0.789. The Balaban J connectivity index is 1.78. The lowest BCUT2D eigenvalue weighted by atomic mass is 10.1. The summed E-state index contributed by atoms with van der Waals surface area (Å²) in [5, 5.41) is 5.64. The summed E-state index contributed by atoms with van der Waals surface area (Å²) in [7, 11) is 1.81. The van der Waals surface area contributed by atoms with E-state index in [1.165, 1.54) is 17.9 Å². The number of carbonyl (C=O) groups excluding carboxylic acids is 2. The van der Waals surface area contributed by atoms with E-state index in [1.54, 1.807) is 4.90 Å². The fraction of sp³-hybridized carbons (Fsp3) is 0.438. The van der Waals surface area contributed by atoms with Gasteiger partial charge in [0.1, 0.15) is 5.71 Å². The van der Waals surface area contributed by atoms with Gasteiger partial charge in [0.15, 0.2) is 0 Å². The van der Waals surface area contributed by atoms with Crippen LogP contribution in [0.2, 0.25) is 0 Å². The van der Waals surface area contributed by atoms with E-state index in [-0.39, 0.29) is 11.8 Å². The molecule has 21 heavy (non-hydrogen) atoms. The van der Waals surface area contributed by atoms with Gasteiger partial charge in [0.2, 0.25) is 5.91 Å². The quantitative estimate of drug-likeness (QED) is 0.850. The minimum atomic E-state index is -0.0670. The molecule has 1 fully saturated rings. The van der Waals surface area contributed by atoms with Gasteiger partial charge in [-0.05, 0) is 30.9 Å². The highest BCUT2D eigenvalue weighted by molar-refractivity contribution is 6.40. The maximum absolute atomic E-state index is 12.4. The number of para-hydroxylation sites is 1. The highest BCUT2D eigenvalue weighted by Crippen LogP contribution is 2.29. The van der Waals surface area contributed by atoms with Crippen molar-refractivity contribution in [3.8, 4) is 0 Å². The van der Waals surface area contributed by atoms with E-state index < -0.39 is 0 Å².